The SMILES string of the molecule is CC[C@@H](C)NC(=O)[C@H](CC)N(CCc1ccccc1)C(=O)COc1cccc(C)c1. The van der Waals surface area contributed by atoms with Crippen LogP contribution in [0.3, 0.4) is 0 Å². The number of amides is 2. The van der Waals surface area contributed by atoms with E-state index in [0.29, 0.717) is 25.1 Å². The monoisotopic (exact) mass is 410 g/mol. The van der Waals surface area contributed by atoms with E-state index in [0.717, 1.165) is 17.5 Å². The quantitative estimate of drug-likeness (QED) is 0.606. The highest BCUT2D eigenvalue weighted by atomic mass is 16.5. The average Bonchev–Trinajstić information content (AvgIpc) is 2.75. The molecule has 0 unspecified atom stereocenters. The summed E-state index contributed by atoms with van der Waals surface area (Å²) in [5, 5.41) is 3.02. The van der Waals surface area contributed by atoms with E-state index in [4.69, 9.17) is 4.74 Å². The molecule has 5 heteroatoms. The van der Waals surface area contributed by atoms with Crippen LogP contribution >= 0.6 is 0 Å². The summed E-state index contributed by atoms with van der Waals surface area (Å²) in [6, 6.07) is 17.2. The Balaban J connectivity index is 2.13. The third-order valence-electron chi connectivity index (χ3n) is 5.22. The Morgan fingerprint density at radius 1 is 1.03 bits per heavy atom. The highest BCUT2D eigenvalue weighted by molar-refractivity contribution is 5.88. The van der Waals surface area contributed by atoms with Crippen LogP contribution in [0.1, 0.15) is 44.7 Å². The van der Waals surface area contributed by atoms with Crippen molar-refractivity contribution in [3.63, 3.8) is 0 Å². The van der Waals surface area contributed by atoms with Crippen molar-refractivity contribution in [2.45, 2.75) is 59.0 Å². The van der Waals surface area contributed by atoms with E-state index in [1.807, 2.05) is 82.3 Å². The fourth-order valence-corrected chi connectivity index (χ4v) is 3.27. The zero-order chi connectivity index (χ0) is 21.9. The number of carbonyl (C=O) groups is 2. The van der Waals surface area contributed by atoms with E-state index in [1.54, 1.807) is 4.90 Å². The Morgan fingerprint density at radius 3 is 2.40 bits per heavy atom. The molecule has 0 aliphatic heterocycles. The Morgan fingerprint density at radius 2 is 1.77 bits per heavy atom. The van der Waals surface area contributed by atoms with Crippen LogP contribution in [0, 0.1) is 6.92 Å². The lowest BCUT2D eigenvalue weighted by Crippen LogP contribution is -2.52. The average molecular weight is 411 g/mol. The maximum Gasteiger partial charge on any atom is 0.261 e. The van der Waals surface area contributed by atoms with Crippen molar-refractivity contribution >= 4 is 11.8 Å². The van der Waals surface area contributed by atoms with Gasteiger partial charge in [-0.2, -0.15) is 0 Å². The molecule has 162 valence electrons. The van der Waals surface area contributed by atoms with Gasteiger partial charge in [0, 0.05) is 12.6 Å². The molecule has 0 saturated carbocycles. The fourth-order valence-electron chi connectivity index (χ4n) is 3.27. The van der Waals surface area contributed by atoms with Crippen molar-refractivity contribution < 1.29 is 14.3 Å². The van der Waals surface area contributed by atoms with Crippen LogP contribution in [-0.4, -0.2) is 41.9 Å². The summed E-state index contributed by atoms with van der Waals surface area (Å²) in [4.78, 5) is 27.6. The zero-order valence-corrected chi connectivity index (χ0v) is 18.6. The van der Waals surface area contributed by atoms with Gasteiger partial charge in [-0.15, -0.1) is 0 Å². The molecule has 1 N–H and O–H groups in total. The lowest BCUT2D eigenvalue weighted by atomic mass is 10.1. The Labute approximate surface area is 180 Å². The summed E-state index contributed by atoms with van der Waals surface area (Å²) < 4.78 is 5.74. The van der Waals surface area contributed by atoms with Gasteiger partial charge in [-0.3, -0.25) is 9.59 Å². The van der Waals surface area contributed by atoms with Gasteiger partial charge in [-0.05, 0) is 56.4 Å². The van der Waals surface area contributed by atoms with E-state index in [1.165, 1.54) is 0 Å². The smallest absolute Gasteiger partial charge is 0.261 e. The van der Waals surface area contributed by atoms with E-state index < -0.39 is 6.04 Å². The Hall–Kier alpha value is -2.82. The molecule has 5 nitrogen and oxygen atoms in total. The summed E-state index contributed by atoms with van der Waals surface area (Å²) >= 11 is 0. The van der Waals surface area contributed by atoms with Gasteiger partial charge in [0.05, 0.1) is 0 Å². The Bertz CT molecular complexity index is 807. The van der Waals surface area contributed by atoms with Gasteiger partial charge in [0.15, 0.2) is 6.61 Å². The number of hydrogen-bond donors (Lipinski definition) is 1. The third-order valence-corrected chi connectivity index (χ3v) is 5.22. The van der Waals surface area contributed by atoms with Gasteiger partial charge in [0.1, 0.15) is 11.8 Å². The molecule has 0 aromatic heterocycles. The standard InChI is InChI=1S/C25H34N2O3/c1-5-20(4)26-25(29)23(6-2)27(16-15-21-12-8-7-9-13-21)24(28)18-30-22-14-10-11-19(3)17-22/h7-14,17,20,23H,5-6,15-16,18H2,1-4H3,(H,26,29)/t20-,23+/m1/s1. The van der Waals surface area contributed by atoms with Crippen molar-refractivity contribution in [2.24, 2.45) is 0 Å². The molecule has 2 amide bonds. The lowest BCUT2D eigenvalue weighted by Gasteiger charge is -2.31. The molecular weight excluding hydrogens is 376 g/mol. The summed E-state index contributed by atoms with van der Waals surface area (Å²) in [5.74, 6) is 0.367. The highest BCUT2D eigenvalue weighted by Crippen LogP contribution is 2.14. The molecule has 2 aromatic carbocycles. The first-order valence-corrected chi connectivity index (χ1v) is 10.8. The molecule has 2 rings (SSSR count). The second-order valence-corrected chi connectivity index (χ2v) is 7.67. The number of aryl methyl sites for hydroxylation is 1. The van der Waals surface area contributed by atoms with Crippen LogP contribution in [0.25, 0.3) is 0 Å². The number of benzene rings is 2. The van der Waals surface area contributed by atoms with Crippen LogP contribution in [0.5, 0.6) is 5.75 Å². The zero-order valence-electron chi connectivity index (χ0n) is 18.6. The summed E-state index contributed by atoms with van der Waals surface area (Å²) in [6.45, 7) is 8.29. The van der Waals surface area contributed by atoms with E-state index >= 15 is 0 Å². The van der Waals surface area contributed by atoms with Gasteiger partial charge >= 0.3 is 0 Å². The fraction of sp³-hybridized carbons (Fsp3) is 0.440. The van der Waals surface area contributed by atoms with E-state index in [2.05, 4.69) is 5.32 Å². The predicted octanol–water partition coefficient (Wildman–Crippen LogP) is 4.14. The largest absolute Gasteiger partial charge is 0.484 e. The molecule has 0 bridgehead atoms. The molecule has 30 heavy (non-hydrogen) atoms. The number of carbonyl (C=O) groups excluding carboxylic acids is 2. The van der Waals surface area contributed by atoms with Crippen LogP contribution < -0.4 is 10.1 Å². The molecule has 0 aliphatic rings. The summed E-state index contributed by atoms with van der Waals surface area (Å²) in [5.41, 5.74) is 2.20. The minimum Gasteiger partial charge on any atom is -0.484 e. The van der Waals surface area contributed by atoms with Crippen molar-refractivity contribution in [1.82, 2.24) is 10.2 Å². The molecule has 0 aliphatic carbocycles. The molecule has 0 radical (unpaired) electrons. The number of nitrogens with zero attached hydrogens (tertiary/aromatic N) is 1. The van der Waals surface area contributed by atoms with Crippen LogP contribution in [0.15, 0.2) is 54.6 Å². The van der Waals surface area contributed by atoms with Crippen molar-refractivity contribution in [1.29, 1.82) is 0 Å². The van der Waals surface area contributed by atoms with Crippen molar-refractivity contribution in [3.8, 4) is 5.75 Å². The first-order chi connectivity index (χ1) is 14.4. The second kappa shape index (κ2) is 12.0. The van der Waals surface area contributed by atoms with Gasteiger partial charge in [0.2, 0.25) is 5.91 Å². The van der Waals surface area contributed by atoms with Crippen LogP contribution in [-0.2, 0) is 16.0 Å². The summed E-state index contributed by atoms with van der Waals surface area (Å²) in [7, 11) is 0. The lowest BCUT2D eigenvalue weighted by molar-refractivity contribution is -0.142. The maximum atomic E-state index is 13.1. The minimum atomic E-state index is -0.517. The molecule has 2 aromatic rings. The summed E-state index contributed by atoms with van der Waals surface area (Å²) in [6.07, 6.45) is 2.08. The van der Waals surface area contributed by atoms with Crippen LogP contribution in [0.2, 0.25) is 0 Å². The van der Waals surface area contributed by atoms with Crippen molar-refractivity contribution in [2.75, 3.05) is 13.2 Å². The van der Waals surface area contributed by atoms with E-state index in [9.17, 15) is 9.59 Å². The second-order valence-electron chi connectivity index (χ2n) is 7.67. The number of rotatable bonds is 11. The maximum absolute atomic E-state index is 13.1. The normalized spacial score (nSPS) is 12.7. The third kappa shape index (κ3) is 7.21. The van der Waals surface area contributed by atoms with E-state index in [-0.39, 0.29) is 24.5 Å². The predicted molar refractivity (Wildman–Crippen MR) is 121 cm³/mol. The number of hydrogen-bond acceptors (Lipinski definition) is 3. The minimum absolute atomic E-state index is 0.0705. The molecule has 0 saturated heterocycles. The van der Waals surface area contributed by atoms with Gasteiger partial charge in [-0.25, -0.2) is 0 Å². The molecule has 0 heterocycles. The van der Waals surface area contributed by atoms with Gasteiger partial charge in [0.25, 0.3) is 5.91 Å². The van der Waals surface area contributed by atoms with Gasteiger partial charge < -0.3 is 15.0 Å². The van der Waals surface area contributed by atoms with Crippen molar-refractivity contribution in [3.05, 3.63) is 65.7 Å². The number of ether oxygens (including phenoxy) is 1. The molecule has 0 spiro atoms. The Kier molecular flexibility index (Phi) is 9.39. The molecule has 2 atom stereocenters. The molecule has 0 fully saturated rings. The number of nitrogens with one attached hydrogen (secondary N) is 1. The van der Waals surface area contributed by atoms with Gasteiger partial charge in [-0.1, -0.05) is 56.3 Å². The first kappa shape index (κ1) is 23.5. The first-order valence-electron chi connectivity index (χ1n) is 10.8. The van der Waals surface area contributed by atoms with Crippen LogP contribution in [0.4, 0.5) is 0 Å². The highest BCUT2D eigenvalue weighted by Gasteiger charge is 2.29. The molecular formula is C25H34N2O3. The topological polar surface area (TPSA) is 58.6 Å².